The molecule has 3 rings (SSSR count). The van der Waals surface area contributed by atoms with Gasteiger partial charge < -0.3 is 15.0 Å². The Hall–Kier alpha value is -2.30. The van der Waals surface area contributed by atoms with Crippen molar-refractivity contribution in [3.8, 4) is 0 Å². The highest BCUT2D eigenvalue weighted by Gasteiger charge is 2.37. The molecule has 2 heterocycles. The van der Waals surface area contributed by atoms with E-state index in [0.29, 0.717) is 12.1 Å². The fourth-order valence-electron chi connectivity index (χ4n) is 2.90. The number of amides is 1. The smallest absolute Gasteiger partial charge is 0.308 e. The molecule has 1 saturated heterocycles. The van der Waals surface area contributed by atoms with Gasteiger partial charge in [0.15, 0.2) is 0 Å². The van der Waals surface area contributed by atoms with Gasteiger partial charge in [0.1, 0.15) is 0 Å². The van der Waals surface area contributed by atoms with Crippen LogP contribution in [0.3, 0.4) is 0 Å². The first-order valence-corrected chi connectivity index (χ1v) is 6.66. The molecule has 0 spiro atoms. The average molecular weight is 272 g/mol. The number of fused-ring (bicyclic) bond motifs is 1. The van der Waals surface area contributed by atoms with Crippen molar-refractivity contribution in [3.63, 3.8) is 0 Å². The Balaban J connectivity index is 1.90. The van der Waals surface area contributed by atoms with Crippen molar-refractivity contribution in [2.45, 2.75) is 6.92 Å². The molecule has 0 bridgehead atoms. The summed E-state index contributed by atoms with van der Waals surface area (Å²) in [5.74, 6) is -1.40. The Labute approximate surface area is 116 Å². The van der Waals surface area contributed by atoms with Crippen LogP contribution in [0.25, 0.3) is 10.9 Å². The molecule has 1 aromatic heterocycles. The Morgan fingerprint density at radius 3 is 2.80 bits per heavy atom. The first kappa shape index (κ1) is 12.7. The molecule has 0 radical (unpaired) electrons. The zero-order chi connectivity index (χ0) is 14.3. The minimum absolute atomic E-state index is 0.0122. The Kier molecular flexibility index (Phi) is 2.97. The summed E-state index contributed by atoms with van der Waals surface area (Å²) in [5, 5.41) is 10.0. The number of nitrogens with one attached hydrogen (secondary N) is 1. The third-order valence-electron chi connectivity index (χ3n) is 4.04. The topological polar surface area (TPSA) is 73.4 Å². The maximum absolute atomic E-state index is 12.6. The van der Waals surface area contributed by atoms with Gasteiger partial charge in [0.05, 0.1) is 5.92 Å². The van der Waals surface area contributed by atoms with E-state index in [1.54, 1.807) is 17.2 Å². The minimum atomic E-state index is -0.826. The fourth-order valence-corrected chi connectivity index (χ4v) is 2.90. The van der Waals surface area contributed by atoms with Gasteiger partial charge in [-0.2, -0.15) is 0 Å². The molecule has 0 aliphatic carbocycles. The van der Waals surface area contributed by atoms with Crippen LogP contribution in [0, 0.1) is 11.8 Å². The summed E-state index contributed by atoms with van der Waals surface area (Å²) < 4.78 is 0. The van der Waals surface area contributed by atoms with Gasteiger partial charge in [-0.1, -0.05) is 13.0 Å². The number of aliphatic carboxylic acids is 1. The Bertz CT molecular complexity index is 677. The lowest BCUT2D eigenvalue weighted by atomic mass is 9.99. The van der Waals surface area contributed by atoms with E-state index >= 15 is 0 Å². The van der Waals surface area contributed by atoms with Gasteiger partial charge in [0.2, 0.25) is 0 Å². The lowest BCUT2D eigenvalue weighted by Gasteiger charge is -2.16. The van der Waals surface area contributed by atoms with E-state index in [-0.39, 0.29) is 18.4 Å². The number of hydrogen-bond acceptors (Lipinski definition) is 2. The summed E-state index contributed by atoms with van der Waals surface area (Å²) in [5.41, 5.74) is 1.54. The molecule has 1 amide bonds. The normalized spacial score (nSPS) is 22.4. The standard InChI is InChI=1S/C15H16N2O3/c1-9-7-17(8-12(9)15(19)20)14(18)11-3-2-4-13-10(11)5-6-16-13/h2-6,9,12,16H,7-8H2,1H3,(H,19,20). The Morgan fingerprint density at radius 1 is 1.30 bits per heavy atom. The third kappa shape index (κ3) is 1.95. The van der Waals surface area contributed by atoms with Gasteiger partial charge in [-0.3, -0.25) is 9.59 Å². The highest BCUT2D eigenvalue weighted by molar-refractivity contribution is 6.06. The van der Waals surface area contributed by atoms with Crippen molar-refractivity contribution >= 4 is 22.8 Å². The van der Waals surface area contributed by atoms with Crippen LogP contribution in [0.2, 0.25) is 0 Å². The highest BCUT2D eigenvalue weighted by Crippen LogP contribution is 2.26. The van der Waals surface area contributed by atoms with Crippen LogP contribution in [-0.4, -0.2) is 40.0 Å². The third-order valence-corrected chi connectivity index (χ3v) is 4.04. The molecule has 5 heteroatoms. The average Bonchev–Trinajstić information content (AvgIpc) is 3.03. The molecule has 1 fully saturated rings. The number of carboxylic acid groups (broad SMARTS) is 1. The van der Waals surface area contributed by atoms with Gasteiger partial charge in [-0.05, 0) is 24.1 Å². The number of rotatable bonds is 2. The molecule has 1 aliphatic heterocycles. The van der Waals surface area contributed by atoms with E-state index in [9.17, 15) is 9.59 Å². The minimum Gasteiger partial charge on any atom is -0.481 e. The molecule has 2 atom stereocenters. The predicted octanol–water partition coefficient (Wildman–Crippen LogP) is 1.96. The number of benzene rings is 1. The first-order valence-electron chi connectivity index (χ1n) is 6.66. The van der Waals surface area contributed by atoms with Crippen molar-refractivity contribution in [2.24, 2.45) is 11.8 Å². The van der Waals surface area contributed by atoms with Gasteiger partial charge in [-0.25, -0.2) is 0 Å². The van der Waals surface area contributed by atoms with Crippen LogP contribution in [0.15, 0.2) is 30.5 Å². The highest BCUT2D eigenvalue weighted by atomic mass is 16.4. The summed E-state index contributed by atoms with van der Waals surface area (Å²) in [6.07, 6.45) is 1.80. The van der Waals surface area contributed by atoms with Crippen molar-refractivity contribution in [3.05, 3.63) is 36.0 Å². The molecule has 2 aromatic rings. The monoisotopic (exact) mass is 272 g/mol. The number of aromatic nitrogens is 1. The van der Waals surface area contributed by atoms with E-state index in [1.807, 2.05) is 25.1 Å². The van der Waals surface area contributed by atoms with E-state index in [4.69, 9.17) is 5.11 Å². The van der Waals surface area contributed by atoms with Crippen molar-refractivity contribution in [1.82, 2.24) is 9.88 Å². The maximum Gasteiger partial charge on any atom is 0.308 e. The number of nitrogens with zero attached hydrogens (tertiary/aromatic N) is 1. The number of aromatic amines is 1. The zero-order valence-corrected chi connectivity index (χ0v) is 11.2. The molecule has 20 heavy (non-hydrogen) atoms. The fraction of sp³-hybridized carbons (Fsp3) is 0.333. The zero-order valence-electron chi connectivity index (χ0n) is 11.2. The first-order chi connectivity index (χ1) is 9.58. The van der Waals surface area contributed by atoms with Crippen LogP contribution < -0.4 is 0 Å². The number of H-pyrrole nitrogens is 1. The van der Waals surface area contributed by atoms with E-state index in [0.717, 1.165) is 10.9 Å². The lowest BCUT2D eigenvalue weighted by molar-refractivity contribution is -0.142. The quantitative estimate of drug-likeness (QED) is 0.877. The molecule has 2 N–H and O–H groups in total. The summed E-state index contributed by atoms with van der Waals surface area (Å²) in [6, 6.07) is 7.41. The molecule has 2 unspecified atom stereocenters. The summed E-state index contributed by atoms with van der Waals surface area (Å²) in [6.45, 7) is 2.66. The predicted molar refractivity (Wildman–Crippen MR) is 74.5 cm³/mol. The molecule has 5 nitrogen and oxygen atoms in total. The van der Waals surface area contributed by atoms with Crippen molar-refractivity contribution < 1.29 is 14.7 Å². The number of carbonyl (C=O) groups is 2. The van der Waals surface area contributed by atoms with Crippen LogP contribution in [-0.2, 0) is 4.79 Å². The maximum atomic E-state index is 12.6. The molecular formula is C15H16N2O3. The van der Waals surface area contributed by atoms with Crippen LogP contribution in [0.1, 0.15) is 17.3 Å². The molecule has 104 valence electrons. The van der Waals surface area contributed by atoms with Gasteiger partial charge >= 0.3 is 5.97 Å². The second kappa shape index (κ2) is 4.67. The summed E-state index contributed by atoms with van der Waals surface area (Å²) >= 11 is 0. The Morgan fingerprint density at radius 2 is 2.10 bits per heavy atom. The van der Waals surface area contributed by atoms with Crippen LogP contribution in [0.5, 0.6) is 0 Å². The largest absolute Gasteiger partial charge is 0.481 e. The van der Waals surface area contributed by atoms with Crippen LogP contribution >= 0.6 is 0 Å². The van der Waals surface area contributed by atoms with Gasteiger partial charge in [-0.15, -0.1) is 0 Å². The van der Waals surface area contributed by atoms with Crippen LogP contribution in [0.4, 0.5) is 0 Å². The summed E-state index contributed by atoms with van der Waals surface area (Å²) in [4.78, 5) is 28.5. The van der Waals surface area contributed by atoms with E-state index in [2.05, 4.69) is 4.98 Å². The number of likely N-dealkylation sites (tertiary alicyclic amines) is 1. The molecule has 1 aromatic carbocycles. The van der Waals surface area contributed by atoms with E-state index < -0.39 is 11.9 Å². The molecule has 1 aliphatic rings. The SMILES string of the molecule is CC1CN(C(=O)c2cccc3[nH]ccc23)CC1C(=O)O. The molecular weight excluding hydrogens is 256 g/mol. The van der Waals surface area contributed by atoms with Gasteiger partial charge in [0, 0.05) is 35.8 Å². The second-order valence-electron chi connectivity index (χ2n) is 5.38. The second-order valence-corrected chi connectivity index (χ2v) is 5.38. The van der Waals surface area contributed by atoms with E-state index in [1.165, 1.54) is 0 Å². The summed E-state index contributed by atoms with van der Waals surface area (Å²) in [7, 11) is 0. The number of hydrogen-bond donors (Lipinski definition) is 2. The van der Waals surface area contributed by atoms with Crippen molar-refractivity contribution in [1.29, 1.82) is 0 Å². The number of carboxylic acids is 1. The lowest BCUT2D eigenvalue weighted by Crippen LogP contribution is -2.30. The number of carbonyl (C=O) groups excluding carboxylic acids is 1. The van der Waals surface area contributed by atoms with Gasteiger partial charge in [0.25, 0.3) is 5.91 Å². The molecule has 0 saturated carbocycles. The van der Waals surface area contributed by atoms with Crippen molar-refractivity contribution in [2.75, 3.05) is 13.1 Å².